The maximum atomic E-state index is 12.0. The van der Waals surface area contributed by atoms with E-state index in [9.17, 15) is 14.4 Å². The number of benzene rings is 2. The summed E-state index contributed by atoms with van der Waals surface area (Å²) in [7, 11) is 0. The topological polar surface area (TPSA) is 114 Å². The normalized spacial score (nSPS) is 10.3. The molecule has 0 atom stereocenters. The van der Waals surface area contributed by atoms with Gasteiger partial charge < -0.3 is 16.4 Å². The van der Waals surface area contributed by atoms with Crippen molar-refractivity contribution < 1.29 is 14.4 Å². The van der Waals surface area contributed by atoms with E-state index in [1.165, 1.54) is 11.3 Å². The maximum Gasteiger partial charge on any atom is 0.292 e. The second kappa shape index (κ2) is 9.61. The molecule has 3 aromatic rings. The molecule has 0 aliphatic rings. The summed E-state index contributed by atoms with van der Waals surface area (Å²) in [6.07, 6.45) is 0.733. The van der Waals surface area contributed by atoms with Crippen LogP contribution in [0.1, 0.15) is 21.6 Å². The summed E-state index contributed by atoms with van der Waals surface area (Å²) in [4.78, 5) is 40.0. The first-order valence-electron chi connectivity index (χ1n) is 8.97. The van der Waals surface area contributed by atoms with Crippen LogP contribution in [-0.2, 0) is 22.4 Å². The summed E-state index contributed by atoms with van der Waals surface area (Å²) in [6, 6.07) is 15.7. The van der Waals surface area contributed by atoms with Crippen molar-refractivity contribution in [3.63, 3.8) is 0 Å². The standard InChI is InChI=1S/C21H20N4O3S/c22-21-25-17(13-29-21)12-18(26)24-16-8-6-14(7-9-16)10-11-23-20(28)19(27)15-4-2-1-3-5-15/h1-9,13H,10-12H2,(H2,22,25)(H,23,28)(H,24,26). The zero-order valence-electron chi connectivity index (χ0n) is 15.6. The molecule has 2 aromatic carbocycles. The second-order valence-corrected chi connectivity index (χ2v) is 7.19. The number of carbonyl (C=O) groups is 3. The van der Waals surface area contributed by atoms with Gasteiger partial charge in [-0.25, -0.2) is 4.98 Å². The zero-order chi connectivity index (χ0) is 20.6. The molecule has 4 N–H and O–H groups in total. The van der Waals surface area contributed by atoms with Crippen molar-refractivity contribution in [3.8, 4) is 0 Å². The van der Waals surface area contributed by atoms with Crippen molar-refractivity contribution in [1.29, 1.82) is 0 Å². The van der Waals surface area contributed by atoms with Crippen LogP contribution in [0.15, 0.2) is 60.0 Å². The Labute approximate surface area is 172 Å². The number of anilines is 2. The molecule has 29 heavy (non-hydrogen) atoms. The molecule has 8 heteroatoms. The molecule has 3 rings (SSSR count). The van der Waals surface area contributed by atoms with Crippen molar-refractivity contribution in [1.82, 2.24) is 10.3 Å². The largest absolute Gasteiger partial charge is 0.375 e. The molecular formula is C21H20N4O3S. The van der Waals surface area contributed by atoms with Gasteiger partial charge in [0.15, 0.2) is 5.13 Å². The number of nitrogen functional groups attached to an aromatic ring is 1. The van der Waals surface area contributed by atoms with Crippen LogP contribution < -0.4 is 16.4 Å². The van der Waals surface area contributed by atoms with Crippen LogP contribution in [0.25, 0.3) is 0 Å². The number of rotatable bonds is 8. The van der Waals surface area contributed by atoms with Crippen LogP contribution >= 0.6 is 11.3 Å². The molecule has 0 aliphatic carbocycles. The van der Waals surface area contributed by atoms with Crippen LogP contribution in [0.5, 0.6) is 0 Å². The zero-order valence-corrected chi connectivity index (χ0v) is 16.4. The number of Topliss-reactive ketones (excluding diaryl/α,β-unsaturated/α-hetero) is 1. The molecule has 0 saturated carbocycles. The minimum absolute atomic E-state index is 0.164. The molecule has 1 heterocycles. The highest BCUT2D eigenvalue weighted by atomic mass is 32.1. The fourth-order valence-corrected chi connectivity index (χ4v) is 3.21. The predicted octanol–water partition coefficient (Wildman–Crippen LogP) is 2.45. The van der Waals surface area contributed by atoms with Crippen LogP contribution in [0.4, 0.5) is 10.8 Å². The molecule has 2 amide bonds. The SMILES string of the molecule is Nc1nc(CC(=O)Nc2ccc(CCNC(=O)C(=O)c3ccccc3)cc2)cs1. The number of hydrogen-bond donors (Lipinski definition) is 3. The van der Waals surface area contributed by atoms with E-state index in [4.69, 9.17) is 5.73 Å². The van der Waals surface area contributed by atoms with Crippen LogP contribution in [0.2, 0.25) is 0 Å². The number of nitrogens with one attached hydrogen (secondary N) is 2. The van der Waals surface area contributed by atoms with E-state index in [2.05, 4.69) is 15.6 Å². The molecule has 0 radical (unpaired) electrons. The molecule has 0 saturated heterocycles. The van der Waals surface area contributed by atoms with Crippen molar-refractivity contribution in [2.45, 2.75) is 12.8 Å². The Kier molecular flexibility index (Phi) is 6.70. The molecule has 0 aliphatic heterocycles. The van der Waals surface area contributed by atoms with Gasteiger partial charge in [0.2, 0.25) is 11.7 Å². The first-order valence-corrected chi connectivity index (χ1v) is 9.85. The number of aromatic nitrogens is 1. The van der Waals surface area contributed by atoms with E-state index in [-0.39, 0.29) is 12.3 Å². The Morgan fingerprint density at radius 1 is 1.00 bits per heavy atom. The van der Waals surface area contributed by atoms with E-state index in [0.717, 1.165) is 5.56 Å². The number of thiazole rings is 1. The van der Waals surface area contributed by atoms with Gasteiger partial charge in [-0.05, 0) is 24.1 Å². The lowest BCUT2D eigenvalue weighted by atomic mass is 10.1. The molecule has 0 spiro atoms. The minimum atomic E-state index is -0.622. The summed E-state index contributed by atoms with van der Waals surface area (Å²) >= 11 is 1.30. The summed E-state index contributed by atoms with van der Waals surface area (Å²) in [5.74, 6) is -1.34. The summed E-state index contributed by atoms with van der Waals surface area (Å²) in [5, 5.41) is 7.63. The Hall–Kier alpha value is -3.52. The third kappa shape index (κ3) is 5.98. The van der Waals surface area contributed by atoms with Gasteiger partial charge in [-0.2, -0.15) is 0 Å². The lowest BCUT2D eigenvalue weighted by molar-refractivity contribution is -0.117. The summed E-state index contributed by atoms with van der Waals surface area (Å²) < 4.78 is 0. The average molecular weight is 408 g/mol. The summed E-state index contributed by atoms with van der Waals surface area (Å²) in [6.45, 7) is 0.342. The Morgan fingerprint density at radius 2 is 1.72 bits per heavy atom. The lowest BCUT2D eigenvalue weighted by Crippen LogP contribution is -2.32. The quantitative estimate of drug-likeness (QED) is 0.391. The predicted molar refractivity (Wildman–Crippen MR) is 113 cm³/mol. The van der Waals surface area contributed by atoms with Crippen LogP contribution in [0, 0.1) is 0 Å². The Balaban J connectivity index is 1.43. The highest BCUT2D eigenvalue weighted by molar-refractivity contribution is 7.13. The Bertz CT molecular complexity index is 1000. The lowest BCUT2D eigenvalue weighted by Gasteiger charge is -2.07. The number of ketones is 1. The fourth-order valence-electron chi connectivity index (χ4n) is 2.65. The van der Waals surface area contributed by atoms with Crippen molar-refractivity contribution in [3.05, 3.63) is 76.8 Å². The minimum Gasteiger partial charge on any atom is -0.375 e. The van der Waals surface area contributed by atoms with E-state index in [1.54, 1.807) is 47.8 Å². The maximum absolute atomic E-state index is 12.0. The molecular weight excluding hydrogens is 388 g/mol. The van der Waals surface area contributed by atoms with Crippen molar-refractivity contribution >= 4 is 39.8 Å². The number of carbonyl (C=O) groups excluding carboxylic acids is 3. The molecule has 148 valence electrons. The summed E-state index contributed by atoms with van der Waals surface area (Å²) in [5.41, 5.74) is 8.21. The number of nitrogens with two attached hydrogens (primary N) is 1. The van der Waals surface area contributed by atoms with Crippen LogP contribution in [-0.4, -0.2) is 29.1 Å². The van der Waals surface area contributed by atoms with Crippen molar-refractivity contribution in [2.75, 3.05) is 17.6 Å². The van der Waals surface area contributed by atoms with E-state index in [1.807, 2.05) is 12.1 Å². The first kappa shape index (κ1) is 20.2. The molecule has 1 aromatic heterocycles. The van der Waals surface area contributed by atoms with Gasteiger partial charge in [-0.15, -0.1) is 11.3 Å². The smallest absolute Gasteiger partial charge is 0.292 e. The third-order valence-corrected chi connectivity index (χ3v) is 4.81. The second-order valence-electron chi connectivity index (χ2n) is 6.30. The molecule has 7 nitrogen and oxygen atoms in total. The van der Waals surface area contributed by atoms with Crippen molar-refractivity contribution in [2.24, 2.45) is 0 Å². The number of amides is 2. The van der Waals surface area contributed by atoms with Gasteiger partial charge in [-0.3, -0.25) is 14.4 Å². The van der Waals surface area contributed by atoms with E-state index >= 15 is 0 Å². The van der Waals surface area contributed by atoms with E-state index in [0.29, 0.717) is 35.0 Å². The van der Waals surface area contributed by atoms with Gasteiger partial charge in [0.25, 0.3) is 5.91 Å². The molecule has 0 bridgehead atoms. The van der Waals surface area contributed by atoms with Gasteiger partial charge in [0, 0.05) is 23.2 Å². The number of nitrogens with zero attached hydrogens (tertiary/aromatic N) is 1. The number of hydrogen-bond acceptors (Lipinski definition) is 6. The molecule has 0 unspecified atom stereocenters. The van der Waals surface area contributed by atoms with Gasteiger partial charge in [0.05, 0.1) is 12.1 Å². The van der Waals surface area contributed by atoms with E-state index < -0.39 is 11.7 Å². The van der Waals surface area contributed by atoms with Gasteiger partial charge in [0.1, 0.15) is 0 Å². The van der Waals surface area contributed by atoms with Gasteiger partial charge >= 0.3 is 0 Å². The first-order chi connectivity index (χ1) is 14.0. The van der Waals surface area contributed by atoms with Gasteiger partial charge in [-0.1, -0.05) is 42.5 Å². The monoisotopic (exact) mass is 408 g/mol. The highest BCUT2D eigenvalue weighted by Crippen LogP contribution is 2.14. The fraction of sp³-hybridized carbons (Fsp3) is 0.143. The third-order valence-electron chi connectivity index (χ3n) is 4.09. The highest BCUT2D eigenvalue weighted by Gasteiger charge is 2.14. The van der Waals surface area contributed by atoms with Crippen LogP contribution in [0.3, 0.4) is 0 Å². The average Bonchev–Trinajstić information content (AvgIpc) is 3.13. The molecule has 0 fully saturated rings. The Morgan fingerprint density at radius 3 is 2.38 bits per heavy atom.